The van der Waals surface area contributed by atoms with Crippen LogP contribution < -0.4 is 14.4 Å². The number of ether oxygens (including phenoxy) is 2. The fourth-order valence-corrected chi connectivity index (χ4v) is 5.40. The van der Waals surface area contributed by atoms with Crippen LogP contribution in [0, 0.1) is 6.92 Å². The Labute approximate surface area is 179 Å². The summed E-state index contributed by atoms with van der Waals surface area (Å²) in [5.74, 6) is -0.378. The number of hydrogen-bond acceptors (Lipinski definition) is 7. The van der Waals surface area contributed by atoms with E-state index >= 15 is 0 Å². The Morgan fingerprint density at radius 3 is 2.63 bits per heavy atom. The first-order valence-corrected chi connectivity index (χ1v) is 11.6. The van der Waals surface area contributed by atoms with Gasteiger partial charge in [0.15, 0.2) is 0 Å². The predicted molar refractivity (Wildman–Crippen MR) is 115 cm³/mol. The Balaban J connectivity index is 1.98. The van der Waals surface area contributed by atoms with Gasteiger partial charge in [-0.15, -0.1) is 11.3 Å². The van der Waals surface area contributed by atoms with Gasteiger partial charge in [0.2, 0.25) is 5.91 Å². The molecule has 0 fully saturated rings. The van der Waals surface area contributed by atoms with Crippen molar-refractivity contribution in [2.24, 2.45) is 0 Å². The quantitative estimate of drug-likeness (QED) is 0.696. The molecule has 1 amide bonds. The Hall–Kier alpha value is -2.59. The smallest absolute Gasteiger partial charge is 0.341 e. The van der Waals surface area contributed by atoms with Gasteiger partial charge in [-0.1, -0.05) is 0 Å². The van der Waals surface area contributed by atoms with Gasteiger partial charge < -0.3 is 14.4 Å². The van der Waals surface area contributed by atoms with Crippen molar-refractivity contribution in [3.63, 3.8) is 0 Å². The summed E-state index contributed by atoms with van der Waals surface area (Å²) in [6.07, 6.45) is 0. The lowest BCUT2D eigenvalue weighted by molar-refractivity contribution is -0.117. The van der Waals surface area contributed by atoms with E-state index in [-0.39, 0.29) is 28.0 Å². The molecule has 1 N–H and O–H groups in total. The number of carbonyl (C=O) groups is 2. The Kier molecular flexibility index (Phi) is 5.83. The van der Waals surface area contributed by atoms with E-state index in [1.165, 1.54) is 30.0 Å². The van der Waals surface area contributed by atoms with Crippen LogP contribution in [0.3, 0.4) is 0 Å². The Morgan fingerprint density at radius 1 is 1.30 bits per heavy atom. The van der Waals surface area contributed by atoms with E-state index in [4.69, 9.17) is 9.47 Å². The number of carbonyl (C=O) groups excluding carboxylic acids is 2. The van der Waals surface area contributed by atoms with Gasteiger partial charge in [-0.05, 0) is 52.0 Å². The number of thiophene rings is 1. The molecule has 1 aromatic heterocycles. The van der Waals surface area contributed by atoms with Crippen LogP contribution in [0.1, 0.15) is 42.9 Å². The van der Waals surface area contributed by atoms with Crippen LogP contribution >= 0.6 is 11.3 Å². The van der Waals surface area contributed by atoms with Crippen molar-refractivity contribution < 1.29 is 27.5 Å². The van der Waals surface area contributed by atoms with Crippen molar-refractivity contribution in [2.45, 2.75) is 45.1 Å². The predicted octanol–water partition coefficient (Wildman–Crippen LogP) is 3.56. The van der Waals surface area contributed by atoms with Gasteiger partial charge in [-0.3, -0.25) is 9.52 Å². The molecule has 0 saturated carbocycles. The molecule has 30 heavy (non-hydrogen) atoms. The van der Waals surface area contributed by atoms with Gasteiger partial charge in [-0.2, -0.15) is 0 Å². The first-order chi connectivity index (χ1) is 13.9. The lowest BCUT2D eigenvalue weighted by Crippen LogP contribution is -2.48. The zero-order chi connectivity index (χ0) is 22.3. The van der Waals surface area contributed by atoms with Crippen LogP contribution in [0.4, 0.5) is 10.7 Å². The largest absolute Gasteiger partial charge is 0.484 e. The molecule has 0 atom stereocenters. The van der Waals surface area contributed by atoms with Gasteiger partial charge in [0, 0.05) is 11.8 Å². The third-order valence-corrected chi connectivity index (χ3v) is 6.86. The molecule has 0 unspecified atom stereocenters. The highest BCUT2D eigenvalue weighted by Gasteiger charge is 2.34. The fraction of sp³-hybridized carbons (Fsp3) is 0.400. The summed E-state index contributed by atoms with van der Waals surface area (Å²) in [5, 5.41) is 0.185. The molecule has 1 aromatic carbocycles. The lowest BCUT2D eigenvalue weighted by atomic mass is 10.1. The van der Waals surface area contributed by atoms with Crippen molar-refractivity contribution in [3.05, 3.63) is 34.7 Å². The second-order valence-electron chi connectivity index (χ2n) is 7.52. The molecule has 0 saturated heterocycles. The van der Waals surface area contributed by atoms with Gasteiger partial charge >= 0.3 is 5.97 Å². The maximum atomic E-state index is 13.0. The minimum Gasteiger partial charge on any atom is -0.484 e. The minimum absolute atomic E-state index is 0.0448. The topological polar surface area (TPSA) is 102 Å². The monoisotopic (exact) mass is 452 g/mol. The van der Waals surface area contributed by atoms with E-state index in [0.29, 0.717) is 18.0 Å². The molecule has 162 valence electrons. The standard InChI is InChI=1S/C20H24N2O6S2/c1-6-27-19(24)15-9-12(2)29-18(15)21-30(25,26)14-7-8-17-16(10-14)22(13(3)23)11-20(4,5)28-17/h7-10,21H,6,11H2,1-5H3. The minimum atomic E-state index is -4.02. The highest BCUT2D eigenvalue weighted by molar-refractivity contribution is 7.93. The molecule has 3 rings (SSSR count). The number of amides is 1. The number of hydrogen-bond donors (Lipinski definition) is 1. The van der Waals surface area contributed by atoms with Crippen molar-refractivity contribution >= 4 is 43.9 Å². The maximum absolute atomic E-state index is 13.0. The summed E-state index contributed by atoms with van der Waals surface area (Å²) >= 11 is 1.14. The van der Waals surface area contributed by atoms with E-state index in [0.717, 1.165) is 16.2 Å². The summed E-state index contributed by atoms with van der Waals surface area (Å²) < 4.78 is 39.4. The van der Waals surface area contributed by atoms with Crippen LogP contribution in [-0.4, -0.2) is 39.0 Å². The zero-order valence-corrected chi connectivity index (χ0v) is 19.1. The molecule has 10 heteroatoms. The number of benzene rings is 1. The number of esters is 1. The normalized spacial score (nSPS) is 15.2. The SMILES string of the molecule is CCOC(=O)c1cc(C)sc1NS(=O)(=O)c1ccc2c(c1)N(C(C)=O)CC(C)(C)O2. The summed E-state index contributed by atoms with van der Waals surface area (Å²) in [4.78, 5) is 26.5. The van der Waals surface area contributed by atoms with E-state index in [1.807, 2.05) is 13.8 Å². The molecular weight excluding hydrogens is 428 g/mol. The highest BCUT2D eigenvalue weighted by atomic mass is 32.2. The van der Waals surface area contributed by atoms with Crippen molar-refractivity contribution in [2.75, 3.05) is 22.8 Å². The lowest BCUT2D eigenvalue weighted by Gasteiger charge is -2.39. The summed E-state index contributed by atoms with van der Waals surface area (Å²) in [5.41, 5.74) is -0.0469. The number of fused-ring (bicyclic) bond motifs is 1. The second kappa shape index (κ2) is 7.92. The molecule has 0 radical (unpaired) electrons. The number of aryl methyl sites for hydroxylation is 1. The number of rotatable bonds is 5. The third-order valence-electron chi connectivity index (χ3n) is 4.41. The number of nitrogens with one attached hydrogen (secondary N) is 1. The fourth-order valence-electron chi connectivity index (χ4n) is 3.17. The molecule has 2 heterocycles. The summed E-state index contributed by atoms with van der Waals surface area (Å²) in [6.45, 7) is 9.06. The number of nitrogens with zero attached hydrogens (tertiary/aromatic N) is 1. The van der Waals surface area contributed by atoms with E-state index in [2.05, 4.69) is 4.72 Å². The van der Waals surface area contributed by atoms with E-state index < -0.39 is 21.6 Å². The highest BCUT2D eigenvalue weighted by Crippen LogP contribution is 2.39. The molecule has 0 aliphatic carbocycles. The van der Waals surface area contributed by atoms with Crippen molar-refractivity contribution in [3.8, 4) is 5.75 Å². The maximum Gasteiger partial charge on any atom is 0.341 e. The molecule has 2 aromatic rings. The molecule has 0 spiro atoms. The molecule has 0 bridgehead atoms. The van der Waals surface area contributed by atoms with Crippen LogP contribution in [-0.2, 0) is 19.6 Å². The first kappa shape index (κ1) is 22.1. The Bertz CT molecular complexity index is 1100. The van der Waals surface area contributed by atoms with E-state index in [1.54, 1.807) is 19.9 Å². The van der Waals surface area contributed by atoms with Crippen molar-refractivity contribution in [1.82, 2.24) is 0 Å². The summed E-state index contributed by atoms with van der Waals surface area (Å²) in [7, 11) is -4.02. The van der Waals surface area contributed by atoms with Gasteiger partial charge in [0.05, 0.1) is 29.3 Å². The van der Waals surface area contributed by atoms with Crippen molar-refractivity contribution in [1.29, 1.82) is 0 Å². The third kappa shape index (κ3) is 4.44. The molecule has 8 nitrogen and oxygen atoms in total. The van der Waals surface area contributed by atoms with Crippen LogP contribution in [0.25, 0.3) is 0 Å². The average Bonchev–Trinajstić information content (AvgIpc) is 2.99. The second-order valence-corrected chi connectivity index (χ2v) is 10.5. The number of anilines is 2. The molecule has 1 aliphatic rings. The molecule has 1 aliphatic heterocycles. The summed E-state index contributed by atoms with van der Waals surface area (Å²) in [6, 6.07) is 5.93. The first-order valence-electron chi connectivity index (χ1n) is 9.35. The average molecular weight is 453 g/mol. The molecular formula is C20H24N2O6S2. The van der Waals surface area contributed by atoms with Gasteiger partial charge in [-0.25, -0.2) is 13.2 Å². The number of sulfonamides is 1. The van der Waals surface area contributed by atoms with Crippen LogP contribution in [0.15, 0.2) is 29.2 Å². The Morgan fingerprint density at radius 2 is 2.00 bits per heavy atom. The van der Waals surface area contributed by atoms with Crippen LogP contribution in [0.5, 0.6) is 5.75 Å². The zero-order valence-electron chi connectivity index (χ0n) is 17.4. The van der Waals surface area contributed by atoms with Gasteiger partial charge in [0.25, 0.3) is 10.0 Å². The van der Waals surface area contributed by atoms with Gasteiger partial charge in [0.1, 0.15) is 16.4 Å². The van der Waals surface area contributed by atoms with Crippen LogP contribution in [0.2, 0.25) is 0 Å². The van der Waals surface area contributed by atoms with E-state index in [9.17, 15) is 18.0 Å².